The van der Waals surface area contributed by atoms with E-state index in [1.54, 1.807) is 30.5 Å². The fourth-order valence-corrected chi connectivity index (χ4v) is 4.43. The minimum Gasteiger partial charge on any atom is -0.311 e. The maximum Gasteiger partial charge on any atom is 0.227 e. The van der Waals surface area contributed by atoms with Crippen LogP contribution in [-0.4, -0.2) is 23.2 Å². The Morgan fingerprint density at radius 1 is 0.923 bits per heavy atom. The minimum atomic E-state index is -3.79. The average Bonchev–Trinajstić information content (AvgIpc) is 2.98. The molecule has 0 N–H and O–H groups in total. The molecule has 130 valence electrons. The Labute approximate surface area is 151 Å². The molecule has 2 aromatic carbocycles. The molecule has 0 saturated heterocycles. The van der Waals surface area contributed by atoms with Gasteiger partial charge in [0.15, 0.2) is 0 Å². The van der Waals surface area contributed by atoms with Crippen molar-refractivity contribution in [1.29, 1.82) is 0 Å². The van der Waals surface area contributed by atoms with Gasteiger partial charge in [-0.05, 0) is 44.2 Å². The van der Waals surface area contributed by atoms with Gasteiger partial charge in [0.05, 0.1) is 16.6 Å². The lowest BCUT2D eigenvalue weighted by atomic mass is 10.2. The first-order chi connectivity index (χ1) is 12.5. The highest BCUT2D eigenvalue weighted by Crippen LogP contribution is 2.30. The predicted molar refractivity (Wildman–Crippen MR) is 100 cm³/mol. The topological polar surface area (TPSA) is 64.8 Å². The van der Waals surface area contributed by atoms with E-state index >= 15 is 0 Å². The second kappa shape index (κ2) is 6.07. The van der Waals surface area contributed by atoms with E-state index in [9.17, 15) is 8.42 Å². The quantitative estimate of drug-likeness (QED) is 0.554. The lowest BCUT2D eigenvalue weighted by molar-refractivity contribution is 0.591. The van der Waals surface area contributed by atoms with E-state index in [0.29, 0.717) is 5.52 Å². The zero-order chi connectivity index (χ0) is 18.3. The van der Waals surface area contributed by atoms with Crippen LogP contribution in [0.5, 0.6) is 0 Å². The molecule has 4 rings (SSSR count). The van der Waals surface area contributed by atoms with Gasteiger partial charge in [0.1, 0.15) is 0 Å². The van der Waals surface area contributed by atoms with Crippen molar-refractivity contribution in [2.24, 2.45) is 0 Å². The summed E-state index contributed by atoms with van der Waals surface area (Å²) >= 11 is 0. The summed E-state index contributed by atoms with van der Waals surface area (Å²) in [5.41, 5.74) is 3.34. The van der Waals surface area contributed by atoms with Crippen LogP contribution in [-0.2, 0) is 9.84 Å². The fraction of sp³-hybridized carbons (Fsp3) is 0.100. The number of para-hydroxylation sites is 1. The molecule has 0 bridgehead atoms. The van der Waals surface area contributed by atoms with Crippen molar-refractivity contribution >= 4 is 20.7 Å². The standard InChI is InChI=1S/C20H17N3O2S/c1-14-8-10-18(11-9-14)26(24,25)20-19-16(13-21-22-20)12-15(2)23(19)17-6-4-3-5-7-17/h3-13H,1-2H3. The molecule has 4 aromatic rings. The molecule has 5 nitrogen and oxygen atoms in total. The lowest BCUT2D eigenvalue weighted by Crippen LogP contribution is -2.09. The van der Waals surface area contributed by atoms with Crippen molar-refractivity contribution in [3.63, 3.8) is 0 Å². The third-order valence-corrected chi connectivity index (χ3v) is 6.04. The molecule has 0 amide bonds. The highest BCUT2D eigenvalue weighted by Gasteiger charge is 2.26. The molecule has 2 heterocycles. The van der Waals surface area contributed by atoms with Gasteiger partial charge in [-0.15, -0.1) is 5.10 Å². The fourth-order valence-electron chi connectivity index (χ4n) is 3.09. The second-order valence-corrected chi connectivity index (χ2v) is 8.09. The highest BCUT2D eigenvalue weighted by atomic mass is 32.2. The Morgan fingerprint density at radius 3 is 2.31 bits per heavy atom. The van der Waals surface area contributed by atoms with Crippen molar-refractivity contribution in [3.8, 4) is 5.69 Å². The summed E-state index contributed by atoms with van der Waals surface area (Å²) in [4.78, 5) is 0.211. The molecule has 0 fully saturated rings. The number of hydrogen-bond acceptors (Lipinski definition) is 4. The van der Waals surface area contributed by atoms with Crippen molar-refractivity contribution in [2.45, 2.75) is 23.8 Å². The number of fused-ring (bicyclic) bond motifs is 1. The molecule has 0 saturated carbocycles. The van der Waals surface area contributed by atoms with Gasteiger partial charge in [0.25, 0.3) is 0 Å². The van der Waals surface area contributed by atoms with Crippen molar-refractivity contribution < 1.29 is 8.42 Å². The molecule has 0 unspecified atom stereocenters. The van der Waals surface area contributed by atoms with E-state index in [-0.39, 0.29) is 9.92 Å². The predicted octanol–water partition coefficient (Wildman–Crippen LogP) is 3.87. The summed E-state index contributed by atoms with van der Waals surface area (Å²) in [5, 5.41) is 8.66. The highest BCUT2D eigenvalue weighted by molar-refractivity contribution is 7.91. The van der Waals surface area contributed by atoms with Crippen LogP contribution in [0.1, 0.15) is 11.3 Å². The van der Waals surface area contributed by atoms with Gasteiger partial charge in [-0.25, -0.2) is 8.42 Å². The third kappa shape index (κ3) is 2.59. The number of sulfone groups is 1. The van der Waals surface area contributed by atoms with Crippen LogP contribution >= 0.6 is 0 Å². The Kier molecular flexibility index (Phi) is 3.85. The lowest BCUT2D eigenvalue weighted by Gasteiger charge is -2.11. The molecule has 6 heteroatoms. The average molecular weight is 363 g/mol. The molecule has 0 spiro atoms. The summed E-state index contributed by atoms with van der Waals surface area (Å²) < 4.78 is 28.4. The molecule has 26 heavy (non-hydrogen) atoms. The molecule has 0 aliphatic heterocycles. The first-order valence-electron chi connectivity index (χ1n) is 8.19. The minimum absolute atomic E-state index is 0.0317. The number of aromatic nitrogens is 3. The number of hydrogen-bond donors (Lipinski definition) is 0. The summed E-state index contributed by atoms with van der Waals surface area (Å²) in [5.74, 6) is 0. The van der Waals surface area contributed by atoms with E-state index in [4.69, 9.17) is 0 Å². The van der Waals surface area contributed by atoms with E-state index in [0.717, 1.165) is 22.3 Å². The van der Waals surface area contributed by atoms with Crippen LogP contribution in [0, 0.1) is 13.8 Å². The normalized spacial score (nSPS) is 11.8. The first-order valence-corrected chi connectivity index (χ1v) is 9.68. The number of rotatable bonds is 3. The summed E-state index contributed by atoms with van der Waals surface area (Å²) in [6.07, 6.45) is 1.59. The molecular weight excluding hydrogens is 346 g/mol. The van der Waals surface area contributed by atoms with Crippen LogP contribution in [0.3, 0.4) is 0 Å². The van der Waals surface area contributed by atoms with Crippen LogP contribution in [0.15, 0.2) is 76.8 Å². The monoisotopic (exact) mass is 363 g/mol. The van der Waals surface area contributed by atoms with E-state index in [1.165, 1.54) is 0 Å². The summed E-state index contributed by atoms with van der Waals surface area (Å²) in [6.45, 7) is 3.86. The SMILES string of the molecule is Cc1ccc(S(=O)(=O)c2nncc3cc(C)n(-c4ccccc4)c23)cc1. The van der Waals surface area contributed by atoms with Gasteiger partial charge in [0, 0.05) is 16.8 Å². The number of benzene rings is 2. The van der Waals surface area contributed by atoms with Crippen molar-refractivity contribution in [3.05, 3.63) is 78.1 Å². The Hall–Kier alpha value is -2.99. The summed E-state index contributed by atoms with van der Waals surface area (Å²) in [7, 11) is -3.79. The van der Waals surface area contributed by atoms with Crippen molar-refractivity contribution in [1.82, 2.24) is 14.8 Å². The maximum atomic E-state index is 13.2. The third-order valence-electron chi connectivity index (χ3n) is 4.36. The molecule has 0 aliphatic carbocycles. The Bertz CT molecular complexity index is 1200. The van der Waals surface area contributed by atoms with Crippen LogP contribution in [0.25, 0.3) is 16.6 Å². The Balaban J connectivity index is 2.04. The van der Waals surface area contributed by atoms with Crippen LogP contribution < -0.4 is 0 Å². The molecule has 0 atom stereocenters. The van der Waals surface area contributed by atoms with Gasteiger partial charge in [-0.1, -0.05) is 35.9 Å². The molecule has 0 aliphatic rings. The largest absolute Gasteiger partial charge is 0.311 e. The van der Waals surface area contributed by atoms with E-state index in [1.807, 2.05) is 54.8 Å². The Morgan fingerprint density at radius 2 is 1.62 bits per heavy atom. The van der Waals surface area contributed by atoms with Gasteiger partial charge in [-0.3, -0.25) is 0 Å². The van der Waals surface area contributed by atoms with E-state index in [2.05, 4.69) is 10.2 Å². The maximum absolute atomic E-state index is 13.2. The van der Waals surface area contributed by atoms with Crippen LogP contribution in [0.4, 0.5) is 0 Å². The summed E-state index contributed by atoms with van der Waals surface area (Å²) in [6, 6.07) is 18.3. The van der Waals surface area contributed by atoms with Crippen molar-refractivity contribution in [2.75, 3.05) is 0 Å². The van der Waals surface area contributed by atoms with Gasteiger partial charge in [-0.2, -0.15) is 5.10 Å². The molecular formula is C20H17N3O2S. The zero-order valence-electron chi connectivity index (χ0n) is 14.4. The van der Waals surface area contributed by atoms with Gasteiger partial charge in [0.2, 0.25) is 14.9 Å². The molecule has 2 aromatic heterocycles. The van der Waals surface area contributed by atoms with E-state index < -0.39 is 9.84 Å². The van der Waals surface area contributed by atoms with Crippen LogP contribution in [0.2, 0.25) is 0 Å². The van der Waals surface area contributed by atoms with Gasteiger partial charge < -0.3 is 4.57 Å². The van der Waals surface area contributed by atoms with Gasteiger partial charge >= 0.3 is 0 Å². The smallest absolute Gasteiger partial charge is 0.227 e. The molecule has 0 radical (unpaired) electrons. The second-order valence-electron chi connectivity index (χ2n) is 6.23. The number of aryl methyl sites for hydroxylation is 2. The number of nitrogens with zero attached hydrogens (tertiary/aromatic N) is 3. The first kappa shape index (κ1) is 16.5. The zero-order valence-corrected chi connectivity index (χ0v) is 15.2.